The lowest BCUT2D eigenvalue weighted by Gasteiger charge is -2.26. The van der Waals surface area contributed by atoms with E-state index in [2.05, 4.69) is 51.6 Å². The van der Waals surface area contributed by atoms with Crippen LogP contribution in [0.2, 0.25) is 0 Å². The number of carbonyl (C=O) groups excluding carboxylic acids is 3. The van der Waals surface area contributed by atoms with Crippen LogP contribution >= 0.6 is 0 Å². The van der Waals surface area contributed by atoms with Gasteiger partial charge in [0.05, 0.1) is 26.9 Å². The molecule has 39 heavy (non-hydrogen) atoms. The van der Waals surface area contributed by atoms with Crippen molar-refractivity contribution in [3.8, 4) is 11.8 Å². The number of nitrogens with zero attached hydrogens (tertiary/aromatic N) is 2. The van der Waals surface area contributed by atoms with Gasteiger partial charge in [0.15, 0.2) is 0 Å². The van der Waals surface area contributed by atoms with E-state index in [-0.39, 0.29) is 19.0 Å². The van der Waals surface area contributed by atoms with Crippen LogP contribution in [0.1, 0.15) is 27.0 Å². The van der Waals surface area contributed by atoms with Crippen molar-refractivity contribution in [3.63, 3.8) is 0 Å². The fourth-order valence-corrected chi connectivity index (χ4v) is 3.86. The molecule has 2 N–H and O–H groups in total. The molecule has 2 amide bonds. The lowest BCUT2D eigenvalue weighted by Crippen LogP contribution is -2.50. The Kier molecular flexibility index (Phi) is 11.7. The number of amides is 2. The van der Waals surface area contributed by atoms with Gasteiger partial charge >= 0.3 is 5.97 Å². The largest absolute Gasteiger partial charge is 0.467 e. The van der Waals surface area contributed by atoms with E-state index < -0.39 is 17.9 Å². The first-order valence-electron chi connectivity index (χ1n) is 12.8. The number of ether oxygens (including phenoxy) is 2. The SMILES string of the molecule is COC(=O)[C@H](CNC(=O)CN(C)C)NC(=O)c1ccc(C#CC=Cc2ccc(CN3CCOCC3)cc2)cc1. The van der Waals surface area contributed by atoms with Gasteiger partial charge < -0.3 is 25.0 Å². The monoisotopic (exact) mass is 532 g/mol. The average Bonchev–Trinajstić information content (AvgIpc) is 2.94. The number of esters is 1. The molecule has 0 saturated carbocycles. The summed E-state index contributed by atoms with van der Waals surface area (Å²) in [6.07, 6.45) is 3.75. The molecule has 0 aliphatic carbocycles. The summed E-state index contributed by atoms with van der Waals surface area (Å²) in [4.78, 5) is 40.7. The van der Waals surface area contributed by atoms with Crippen molar-refractivity contribution in [1.82, 2.24) is 20.4 Å². The molecule has 3 rings (SSSR count). The van der Waals surface area contributed by atoms with Gasteiger partial charge in [0.25, 0.3) is 5.91 Å². The normalized spacial score (nSPS) is 14.4. The number of hydrogen-bond donors (Lipinski definition) is 2. The zero-order chi connectivity index (χ0) is 28.0. The minimum Gasteiger partial charge on any atom is -0.467 e. The van der Waals surface area contributed by atoms with Crippen LogP contribution in [0.5, 0.6) is 0 Å². The maximum Gasteiger partial charge on any atom is 0.330 e. The molecule has 1 fully saturated rings. The van der Waals surface area contributed by atoms with Gasteiger partial charge in [-0.15, -0.1) is 0 Å². The summed E-state index contributed by atoms with van der Waals surface area (Å²) in [5, 5.41) is 5.24. The molecule has 1 saturated heterocycles. The molecule has 9 nitrogen and oxygen atoms in total. The fourth-order valence-electron chi connectivity index (χ4n) is 3.86. The summed E-state index contributed by atoms with van der Waals surface area (Å²) in [5.74, 6) is 4.71. The lowest BCUT2D eigenvalue weighted by molar-refractivity contribution is -0.142. The molecular formula is C30H36N4O5. The third-order valence-electron chi connectivity index (χ3n) is 5.97. The van der Waals surface area contributed by atoms with Crippen LogP contribution in [0.3, 0.4) is 0 Å². The van der Waals surface area contributed by atoms with E-state index in [4.69, 9.17) is 9.47 Å². The molecule has 1 aliphatic rings. The molecule has 0 radical (unpaired) electrons. The Labute approximate surface area is 230 Å². The number of methoxy groups -OCH3 is 1. The van der Waals surface area contributed by atoms with Crippen molar-refractivity contribution in [2.24, 2.45) is 0 Å². The summed E-state index contributed by atoms with van der Waals surface area (Å²) >= 11 is 0. The zero-order valence-corrected chi connectivity index (χ0v) is 22.7. The predicted octanol–water partition coefficient (Wildman–Crippen LogP) is 1.53. The van der Waals surface area contributed by atoms with Gasteiger partial charge in [0.2, 0.25) is 5.91 Å². The third kappa shape index (κ3) is 10.4. The third-order valence-corrected chi connectivity index (χ3v) is 5.97. The van der Waals surface area contributed by atoms with Crippen molar-refractivity contribution < 1.29 is 23.9 Å². The number of allylic oxidation sites excluding steroid dienone is 1. The minimum atomic E-state index is -1.01. The number of rotatable bonds is 10. The fraction of sp³-hybridized carbons (Fsp3) is 0.367. The number of morpholine rings is 1. The van der Waals surface area contributed by atoms with Crippen molar-refractivity contribution in [2.75, 3.05) is 60.6 Å². The summed E-state index contributed by atoms with van der Waals surface area (Å²) in [6, 6.07) is 14.2. The zero-order valence-electron chi connectivity index (χ0n) is 22.7. The predicted molar refractivity (Wildman–Crippen MR) is 150 cm³/mol. The molecule has 0 bridgehead atoms. The molecule has 9 heteroatoms. The van der Waals surface area contributed by atoms with Crippen molar-refractivity contribution >= 4 is 23.9 Å². The Morgan fingerprint density at radius 2 is 1.77 bits per heavy atom. The van der Waals surface area contributed by atoms with Crippen molar-refractivity contribution in [1.29, 1.82) is 0 Å². The lowest BCUT2D eigenvalue weighted by atomic mass is 10.1. The van der Waals surface area contributed by atoms with Crippen LogP contribution in [0.25, 0.3) is 6.08 Å². The van der Waals surface area contributed by atoms with E-state index in [1.807, 2.05) is 6.08 Å². The Morgan fingerprint density at radius 3 is 2.41 bits per heavy atom. The minimum absolute atomic E-state index is 0.0718. The van der Waals surface area contributed by atoms with Gasteiger partial charge in [0.1, 0.15) is 6.04 Å². The number of benzene rings is 2. The van der Waals surface area contributed by atoms with Gasteiger partial charge in [-0.3, -0.25) is 14.5 Å². The molecule has 1 atom stereocenters. The topological polar surface area (TPSA) is 100 Å². The van der Waals surface area contributed by atoms with Gasteiger partial charge in [-0.05, 0) is 61.6 Å². The van der Waals surface area contributed by atoms with Crippen molar-refractivity contribution in [2.45, 2.75) is 12.6 Å². The molecular weight excluding hydrogens is 496 g/mol. The maximum absolute atomic E-state index is 12.7. The van der Waals surface area contributed by atoms with Crippen LogP contribution < -0.4 is 10.6 Å². The second-order valence-electron chi connectivity index (χ2n) is 9.40. The van der Waals surface area contributed by atoms with E-state index in [9.17, 15) is 14.4 Å². The van der Waals surface area contributed by atoms with E-state index in [0.29, 0.717) is 5.56 Å². The number of hydrogen-bond acceptors (Lipinski definition) is 7. The summed E-state index contributed by atoms with van der Waals surface area (Å²) < 4.78 is 10.2. The van der Waals surface area contributed by atoms with E-state index in [0.717, 1.165) is 44.0 Å². The Morgan fingerprint density at radius 1 is 1.08 bits per heavy atom. The van der Waals surface area contributed by atoms with Gasteiger partial charge in [-0.25, -0.2) is 4.79 Å². The number of carbonyl (C=O) groups is 3. The molecule has 0 spiro atoms. The highest BCUT2D eigenvalue weighted by Gasteiger charge is 2.23. The summed E-state index contributed by atoms with van der Waals surface area (Å²) in [5.41, 5.74) is 3.45. The van der Waals surface area contributed by atoms with Crippen LogP contribution in [-0.4, -0.2) is 94.2 Å². The second kappa shape index (κ2) is 15.4. The highest BCUT2D eigenvalue weighted by molar-refractivity contribution is 5.97. The first kappa shape index (κ1) is 29.6. The highest BCUT2D eigenvalue weighted by Crippen LogP contribution is 2.10. The van der Waals surface area contributed by atoms with Crippen LogP contribution in [-0.2, 0) is 25.6 Å². The first-order valence-corrected chi connectivity index (χ1v) is 12.8. The molecule has 2 aromatic rings. The van der Waals surface area contributed by atoms with Gasteiger partial charge in [-0.2, -0.15) is 0 Å². The van der Waals surface area contributed by atoms with Crippen LogP contribution in [0.15, 0.2) is 54.6 Å². The molecule has 206 valence electrons. The Bertz CT molecular complexity index is 1190. The molecule has 0 unspecified atom stereocenters. The summed E-state index contributed by atoms with van der Waals surface area (Å²) in [7, 11) is 4.75. The number of likely N-dealkylation sites (N-methyl/N-ethyl adjacent to an activating group) is 1. The molecule has 0 aromatic heterocycles. The number of nitrogens with one attached hydrogen (secondary N) is 2. The Balaban J connectivity index is 1.51. The van der Waals surface area contributed by atoms with E-state index in [1.54, 1.807) is 49.3 Å². The van der Waals surface area contributed by atoms with Gasteiger partial charge in [-0.1, -0.05) is 36.1 Å². The summed E-state index contributed by atoms with van der Waals surface area (Å²) in [6.45, 7) is 4.55. The quantitative estimate of drug-likeness (QED) is 0.354. The second-order valence-corrected chi connectivity index (χ2v) is 9.40. The highest BCUT2D eigenvalue weighted by atomic mass is 16.5. The molecule has 1 aliphatic heterocycles. The maximum atomic E-state index is 12.7. The van der Waals surface area contributed by atoms with Gasteiger partial charge in [0, 0.05) is 37.3 Å². The van der Waals surface area contributed by atoms with Crippen LogP contribution in [0, 0.1) is 11.8 Å². The Hall–Kier alpha value is -3.97. The smallest absolute Gasteiger partial charge is 0.330 e. The van der Waals surface area contributed by atoms with Crippen LogP contribution in [0.4, 0.5) is 0 Å². The average molecular weight is 533 g/mol. The molecule has 2 aromatic carbocycles. The molecule has 1 heterocycles. The standard InChI is InChI=1S/C30H36N4O5/c1-33(2)22-28(35)31-20-27(30(37)38-3)32-29(36)26-14-12-24(13-15-26)7-5-4-6-23-8-10-25(11-9-23)21-34-16-18-39-19-17-34/h4,6,8-15,27H,16-22H2,1-3H3,(H,31,35)(H,32,36)/t27-/m0/s1. The van der Waals surface area contributed by atoms with Crippen molar-refractivity contribution in [3.05, 3.63) is 76.9 Å². The van der Waals surface area contributed by atoms with E-state index in [1.165, 1.54) is 12.7 Å². The first-order chi connectivity index (χ1) is 18.8. The van der Waals surface area contributed by atoms with E-state index >= 15 is 0 Å².